The van der Waals surface area contributed by atoms with Crippen molar-refractivity contribution >= 4 is 5.69 Å². The van der Waals surface area contributed by atoms with E-state index in [0.717, 1.165) is 30.9 Å². The molecular formula is C14H18N2O2. The lowest BCUT2D eigenvalue weighted by molar-refractivity contribution is 0.0315. The molecule has 0 bridgehead atoms. The van der Waals surface area contributed by atoms with Gasteiger partial charge in [0.05, 0.1) is 24.0 Å². The van der Waals surface area contributed by atoms with E-state index in [0.29, 0.717) is 12.1 Å². The molecule has 1 N–H and O–H groups in total. The number of benzene rings is 1. The summed E-state index contributed by atoms with van der Waals surface area (Å²) in [6, 6.07) is 7.57. The summed E-state index contributed by atoms with van der Waals surface area (Å²) >= 11 is 0. The molecule has 1 atom stereocenters. The number of nitrogens with zero attached hydrogens (tertiary/aromatic N) is 1. The molecule has 0 radical (unpaired) electrons. The molecule has 96 valence electrons. The van der Waals surface area contributed by atoms with Gasteiger partial charge in [-0.3, -0.25) is 0 Å². The van der Waals surface area contributed by atoms with E-state index >= 15 is 0 Å². The number of anilines is 1. The van der Waals surface area contributed by atoms with Crippen LogP contribution >= 0.6 is 0 Å². The van der Waals surface area contributed by atoms with E-state index in [4.69, 9.17) is 14.7 Å². The van der Waals surface area contributed by atoms with Crippen molar-refractivity contribution < 1.29 is 9.47 Å². The van der Waals surface area contributed by atoms with Gasteiger partial charge in [-0.2, -0.15) is 5.26 Å². The van der Waals surface area contributed by atoms with Gasteiger partial charge >= 0.3 is 0 Å². The van der Waals surface area contributed by atoms with Crippen molar-refractivity contribution in [2.45, 2.75) is 25.4 Å². The minimum absolute atomic E-state index is 0.129. The van der Waals surface area contributed by atoms with E-state index in [1.54, 1.807) is 19.2 Å². The van der Waals surface area contributed by atoms with Crippen LogP contribution in [-0.2, 0) is 4.74 Å². The number of nitrogens with one attached hydrogen (secondary N) is 1. The molecule has 1 saturated heterocycles. The topological polar surface area (TPSA) is 54.3 Å². The maximum Gasteiger partial charge on any atom is 0.121 e. The number of nitriles is 1. The summed E-state index contributed by atoms with van der Waals surface area (Å²) in [7, 11) is 1.62. The van der Waals surface area contributed by atoms with Crippen LogP contribution in [0.1, 0.15) is 25.3 Å². The van der Waals surface area contributed by atoms with Crippen molar-refractivity contribution in [1.82, 2.24) is 0 Å². The molecule has 4 nitrogen and oxygen atoms in total. The third-order valence-electron chi connectivity index (χ3n) is 3.30. The van der Waals surface area contributed by atoms with Crippen LogP contribution in [0.15, 0.2) is 18.2 Å². The number of hydrogen-bond acceptors (Lipinski definition) is 4. The molecule has 0 aromatic heterocycles. The van der Waals surface area contributed by atoms with Gasteiger partial charge in [-0.25, -0.2) is 0 Å². The van der Waals surface area contributed by atoms with E-state index in [-0.39, 0.29) is 5.60 Å². The van der Waals surface area contributed by atoms with E-state index in [2.05, 4.69) is 18.3 Å². The van der Waals surface area contributed by atoms with Crippen LogP contribution in [0.5, 0.6) is 5.75 Å². The minimum Gasteiger partial charge on any atom is -0.497 e. The molecule has 1 aliphatic rings. The molecule has 1 fully saturated rings. The van der Waals surface area contributed by atoms with Crippen LogP contribution in [0.4, 0.5) is 5.69 Å². The number of methoxy groups -OCH3 is 1. The summed E-state index contributed by atoms with van der Waals surface area (Å²) in [6.45, 7) is 3.62. The van der Waals surface area contributed by atoms with Gasteiger partial charge in [0.15, 0.2) is 0 Å². The fourth-order valence-corrected chi connectivity index (χ4v) is 2.15. The Balaban J connectivity index is 2.10. The van der Waals surface area contributed by atoms with E-state index in [1.807, 2.05) is 6.07 Å². The van der Waals surface area contributed by atoms with Gasteiger partial charge in [-0.05, 0) is 31.9 Å². The van der Waals surface area contributed by atoms with Crippen LogP contribution in [0.3, 0.4) is 0 Å². The van der Waals surface area contributed by atoms with Gasteiger partial charge in [-0.1, -0.05) is 0 Å². The van der Waals surface area contributed by atoms with Crippen molar-refractivity contribution in [3.05, 3.63) is 23.8 Å². The van der Waals surface area contributed by atoms with Gasteiger partial charge < -0.3 is 14.8 Å². The average Bonchev–Trinajstić information content (AvgIpc) is 2.83. The summed E-state index contributed by atoms with van der Waals surface area (Å²) in [5.74, 6) is 0.744. The zero-order valence-electron chi connectivity index (χ0n) is 10.8. The second kappa shape index (κ2) is 5.28. The Kier molecular flexibility index (Phi) is 3.73. The lowest BCUT2D eigenvalue weighted by atomic mass is 10.0. The predicted octanol–water partition coefficient (Wildman–Crippen LogP) is 2.55. The number of ether oxygens (including phenoxy) is 2. The molecule has 4 heteroatoms. The van der Waals surface area contributed by atoms with Gasteiger partial charge in [0.2, 0.25) is 0 Å². The van der Waals surface area contributed by atoms with E-state index in [1.165, 1.54) is 0 Å². The quantitative estimate of drug-likeness (QED) is 0.887. The third kappa shape index (κ3) is 2.74. The predicted molar refractivity (Wildman–Crippen MR) is 69.8 cm³/mol. The van der Waals surface area contributed by atoms with Crippen molar-refractivity contribution in [1.29, 1.82) is 5.26 Å². The van der Waals surface area contributed by atoms with Gasteiger partial charge in [0, 0.05) is 19.2 Å². The van der Waals surface area contributed by atoms with Gasteiger partial charge in [-0.15, -0.1) is 0 Å². The Hall–Kier alpha value is -1.73. The molecule has 2 rings (SSSR count). The van der Waals surface area contributed by atoms with Crippen LogP contribution in [0.25, 0.3) is 0 Å². The molecule has 0 spiro atoms. The highest BCUT2D eigenvalue weighted by Gasteiger charge is 2.29. The highest BCUT2D eigenvalue weighted by Crippen LogP contribution is 2.27. The summed E-state index contributed by atoms with van der Waals surface area (Å²) in [4.78, 5) is 0. The molecule has 0 amide bonds. The molecule has 1 heterocycles. The number of rotatable bonds is 4. The SMILES string of the molecule is COc1ccc(C#N)c(NCC2(C)CCCO2)c1. The first-order valence-electron chi connectivity index (χ1n) is 6.13. The molecule has 1 aliphatic heterocycles. The third-order valence-corrected chi connectivity index (χ3v) is 3.30. The zero-order valence-corrected chi connectivity index (χ0v) is 10.8. The molecular weight excluding hydrogens is 228 g/mol. The van der Waals surface area contributed by atoms with Crippen molar-refractivity contribution in [3.63, 3.8) is 0 Å². The first-order valence-corrected chi connectivity index (χ1v) is 6.13. The van der Waals surface area contributed by atoms with Crippen molar-refractivity contribution in [2.24, 2.45) is 0 Å². The Morgan fingerprint density at radius 1 is 1.56 bits per heavy atom. The molecule has 1 aromatic rings. The fourth-order valence-electron chi connectivity index (χ4n) is 2.15. The van der Waals surface area contributed by atoms with Crippen LogP contribution in [-0.4, -0.2) is 25.9 Å². The molecule has 0 saturated carbocycles. The lowest BCUT2D eigenvalue weighted by Gasteiger charge is -2.24. The summed E-state index contributed by atoms with van der Waals surface area (Å²) in [6.07, 6.45) is 2.15. The van der Waals surface area contributed by atoms with E-state index in [9.17, 15) is 0 Å². The lowest BCUT2D eigenvalue weighted by Crippen LogP contribution is -2.32. The van der Waals surface area contributed by atoms with Gasteiger partial charge in [0.25, 0.3) is 0 Å². The largest absolute Gasteiger partial charge is 0.497 e. The fraction of sp³-hybridized carbons (Fsp3) is 0.500. The number of hydrogen-bond donors (Lipinski definition) is 1. The second-order valence-corrected chi connectivity index (χ2v) is 4.78. The monoisotopic (exact) mass is 246 g/mol. The normalized spacial score (nSPS) is 22.5. The smallest absolute Gasteiger partial charge is 0.121 e. The zero-order chi connectivity index (χ0) is 13.0. The Labute approximate surface area is 108 Å². The molecule has 0 aliphatic carbocycles. The standard InChI is InChI=1S/C14H18N2O2/c1-14(6-3-7-18-14)10-16-13-8-12(17-2)5-4-11(13)9-15/h4-5,8,16H,3,6-7,10H2,1-2H3. The summed E-state index contributed by atoms with van der Waals surface area (Å²) in [5.41, 5.74) is 1.29. The maximum atomic E-state index is 9.08. The van der Waals surface area contributed by atoms with E-state index < -0.39 is 0 Å². The highest BCUT2D eigenvalue weighted by molar-refractivity contribution is 5.60. The maximum absolute atomic E-state index is 9.08. The Morgan fingerprint density at radius 2 is 2.39 bits per heavy atom. The van der Waals surface area contributed by atoms with Crippen LogP contribution < -0.4 is 10.1 Å². The molecule has 1 unspecified atom stereocenters. The highest BCUT2D eigenvalue weighted by atomic mass is 16.5. The van der Waals surface area contributed by atoms with Crippen molar-refractivity contribution in [2.75, 3.05) is 25.6 Å². The molecule has 1 aromatic carbocycles. The van der Waals surface area contributed by atoms with Crippen LogP contribution in [0, 0.1) is 11.3 Å². The second-order valence-electron chi connectivity index (χ2n) is 4.78. The minimum atomic E-state index is -0.129. The van der Waals surface area contributed by atoms with Gasteiger partial charge in [0.1, 0.15) is 11.8 Å². The summed E-state index contributed by atoms with van der Waals surface area (Å²) < 4.78 is 10.9. The van der Waals surface area contributed by atoms with Crippen LogP contribution in [0.2, 0.25) is 0 Å². The first kappa shape index (κ1) is 12.7. The Bertz CT molecular complexity index is 459. The Morgan fingerprint density at radius 3 is 3.00 bits per heavy atom. The first-order chi connectivity index (χ1) is 8.67. The summed E-state index contributed by atoms with van der Waals surface area (Å²) in [5, 5.41) is 12.4. The molecule has 18 heavy (non-hydrogen) atoms. The average molecular weight is 246 g/mol. The van der Waals surface area contributed by atoms with Crippen molar-refractivity contribution in [3.8, 4) is 11.8 Å².